The van der Waals surface area contributed by atoms with Crippen LogP contribution in [0.3, 0.4) is 0 Å². The van der Waals surface area contributed by atoms with E-state index in [0.717, 1.165) is 45.7 Å². The minimum Gasteiger partial charge on any atom is -0.381 e. The number of nitrogens with zero attached hydrogens (tertiary/aromatic N) is 2. The van der Waals surface area contributed by atoms with Crippen molar-refractivity contribution in [3.63, 3.8) is 0 Å². The Balaban J connectivity index is 1.79. The van der Waals surface area contributed by atoms with Gasteiger partial charge >= 0.3 is 0 Å². The highest BCUT2D eigenvalue weighted by Gasteiger charge is 2.26. The van der Waals surface area contributed by atoms with E-state index in [1.54, 1.807) is 0 Å². The third-order valence-corrected chi connectivity index (χ3v) is 3.66. The van der Waals surface area contributed by atoms with E-state index in [-0.39, 0.29) is 0 Å². The Kier molecular flexibility index (Phi) is 4.18. The fraction of sp³-hybridized carbons (Fsp3) is 0.769. The molecule has 1 aromatic heterocycles. The number of hydrogen-bond donors (Lipinski definition) is 1. The lowest BCUT2D eigenvalue weighted by molar-refractivity contribution is 0.0239. The zero-order valence-corrected chi connectivity index (χ0v) is 10.9. The Hall–Kier alpha value is -0.870. The second-order valence-corrected chi connectivity index (χ2v) is 5.16. The maximum Gasteiger partial charge on any atom is 0.0521 e. The van der Waals surface area contributed by atoms with Crippen LogP contribution in [0.4, 0.5) is 0 Å². The fourth-order valence-electron chi connectivity index (χ4n) is 2.33. The highest BCUT2D eigenvalue weighted by molar-refractivity contribution is 5.00. The largest absolute Gasteiger partial charge is 0.381 e. The minimum atomic E-state index is 0.398. The van der Waals surface area contributed by atoms with E-state index in [2.05, 4.69) is 30.3 Å². The molecular weight excluding hydrogens is 214 g/mol. The fourth-order valence-corrected chi connectivity index (χ4v) is 2.33. The van der Waals surface area contributed by atoms with Crippen molar-refractivity contribution in [2.45, 2.75) is 39.8 Å². The molecule has 0 saturated carbocycles. The molecular formula is C13H23N3O. The Bertz CT molecular complexity index is 342. The van der Waals surface area contributed by atoms with Gasteiger partial charge in [-0.25, -0.2) is 0 Å². The molecule has 0 aliphatic carbocycles. The molecule has 0 radical (unpaired) electrons. The van der Waals surface area contributed by atoms with Crippen LogP contribution in [0, 0.1) is 5.41 Å². The van der Waals surface area contributed by atoms with Crippen LogP contribution in [-0.2, 0) is 17.8 Å². The van der Waals surface area contributed by atoms with Gasteiger partial charge in [0.2, 0.25) is 0 Å². The molecule has 4 heteroatoms. The van der Waals surface area contributed by atoms with Crippen molar-refractivity contribution in [3.05, 3.63) is 18.0 Å². The number of hydrogen-bond acceptors (Lipinski definition) is 3. The van der Waals surface area contributed by atoms with Gasteiger partial charge in [0.05, 0.1) is 5.69 Å². The van der Waals surface area contributed by atoms with Crippen LogP contribution in [0.15, 0.2) is 12.3 Å². The summed E-state index contributed by atoms with van der Waals surface area (Å²) in [6.07, 6.45) is 4.19. The standard InChI is InChI=1S/C13H23N3O/c1-3-16-12(4-7-15-16)10-14-11-13(2)5-8-17-9-6-13/h4,7,14H,3,5-6,8-11H2,1-2H3. The first kappa shape index (κ1) is 12.6. The van der Waals surface area contributed by atoms with E-state index in [4.69, 9.17) is 4.74 Å². The zero-order valence-electron chi connectivity index (χ0n) is 10.9. The third-order valence-electron chi connectivity index (χ3n) is 3.66. The van der Waals surface area contributed by atoms with Gasteiger partial charge in [0, 0.05) is 39.0 Å². The molecule has 1 saturated heterocycles. The molecule has 0 amide bonds. The summed E-state index contributed by atoms with van der Waals surface area (Å²) in [5, 5.41) is 7.83. The second kappa shape index (κ2) is 5.65. The van der Waals surface area contributed by atoms with E-state index >= 15 is 0 Å². The summed E-state index contributed by atoms with van der Waals surface area (Å²) >= 11 is 0. The molecule has 2 heterocycles. The molecule has 2 rings (SSSR count). The number of nitrogens with one attached hydrogen (secondary N) is 1. The summed E-state index contributed by atoms with van der Waals surface area (Å²) in [4.78, 5) is 0. The highest BCUT2D eigenvalue weighted by Crippen LogP contribution is 2.28. The maximum atomic E-state index is 5.41. The SMILES string of the molecule is CCn1nccc1CNCC1(C)CCOCC1. The molecule has 0 unspecified atom stereocenters. The lowest BCUT2D eigenvalue weighted by atomic mass is 9.82. The summed E-state index contributed by atoms with van der Waals surface area (Å²) < 4.78 is 7.45. The summed E-state index contributed by atoms with van der Waals surface area (Å²) in [7, 11) is 0. The van der Waals surface area contributed by atoms with E-state index in [1.165, 1.54) is 5.69 Å². The van der Waals surface area contributed by atoms with Gasteiger partial charge in [-0.15, -0.1) is 0 Å². The second-order valence-electron chi connectivity index (χ2n) is 5.16. The zero-order chi connectivity index (χ0) is 12.1. The Morgan fingerprint density at radius 1 is 1.47 bits per heavy atom. The molecule has 96 valence electrons. The van der Waals surface area contributed by atoms with Gasteiger partial charge in [0.1, 0.15) is 0 Å². The van der Waals surface area contributed by atoms with Crippen molar-refractivity contribution in [1.82, 2.24) is 15.1 Å². The molecule has 1 fully saturated rings. The topological polar surface area (TPSA) is 39.1 Å². The molecule has 4 nitrogen and oxygen atoms in total. The van der Waals surface area contributed by atoms with Gasteiger partial charge in [0.15, 0.2) is 0 Å². The number of aryl methyl sites for hydroxylation is 1. The predicted octanol–water partition coefficient (Wildman–Crippen LogP) is 1.81. The smallest absolute Gasteiger partial charge is 0.0521 e. The molecule has 1 aliphatic heterocycles. The lowest BCUT2D eigenvalue weighted by Gasteiger charge is -2.33. The van der Waals surface area contributed by atoms with Gasteiger partial charge in [-0.3, -0.25) is 4.68 Å². The predicted molar refractivity (Wildman–Crippen MR) is 67.8 cm³/mol. The van der Waals surface area contributed by atoms with Crippen molar-refractivity contribution in [2.24, 2.45) is 5.41 Å². The van der Waals surface area contributed by atoms with Crippen molar-refractivity contribution in [2.75, 3.05) is 19.8 Å². The molecule has 0 atom stereocenters. The van der Waals surface area contributed by atoms with Crippen molar-refractivity contribution in [1.29, 1.82) is 0 Å². The van der Waals surface area contributed by atoms with E-state index in [9.17, 15) is 0 Å². The van der Waals surface area contributed by atoms with Crippen molar-refractivity contribution >= 4 is 0 Å². The molecule has 1 aliphatic rings. The third kappa shape index (κ3) is 3.30. The summed E-state index contributed by atoms with van der Waals surface area (Å²) in [6, 6.07) is 2.09. The maximum absolute atomic E-state index is 5.41. The first-order valence-corrected chi connectivity index (χ1v) is 6.53. The highest BCUT2D eigenvalue weighted by atomic mass is 16.5. The van der Waals surface area contributed by atoms with Gasteiger partial charge < -0.3 is 10.1 Å². The van der Waals surface area contributed by atoms with Crippen LogP contribution < -0.4 is 5.32 Å². The van der Waals surface area contributed by atoms with E-state index in [1.807, 2.05) is 10.9 Å². The molecule has 1 aromatic rings. The molecule has 0 aromatic carbocycles. The average molecular weight is 237 g/mol. The van der Waals surface area contributed by atoms with Crippen LogP contribution in [0.25, 0.3) is 0 Å². The number of aromatic nitrogens is 2. The van der Waals surface area contributed by atoms with Gasteiger partial charge in [0.25, 0.3) is 0 Å². The summed E-state index contributed by atoms with van der Waals surface area (Å²) in [5.41, 5.74) is 1.66. The number of rotatable bonds is 5. The summed E-state index contributed by atoms with van der Waals surface area (Å²) in [5.74, 6) is 0. The molecule has 0 spiro atoms. The minimum absolute atomic E-state index is 0.398. The van der Waals surface area contributed by atoms with Gasteiger partial charge in [-0.1, -0.05) is 6.92 Å². The van der Waals surface area contributed by atoms with Crippen LogP contribution in [0.2, 0.25) is 0 Å². The molecule has 0 bridgehead atoms. The van der Waals surface area contributed by atoms with Crippen LogP contribution in [0.5, 0.6) is 0 Å². The first-order valence-electron chi connectivity index (χ1n) is 6.53. The molecule has 17 heavy (non-hydrogen) atoms. The Morgan fingerprint density at radius 2 is 2.24 bits per heavy atom. The van der Waals surface area contributed by atoms with Crippen LogP contribution in [0.1, 0.15) is 32.4 Å². The lowest BCUT2D eigenvalue weighted by Crippen LogP contribution is -2.36. The van der Waals surface area contributed by atoms with Gasteiger partial charge in [-0.2, -0.15) is 5.10 Å². The average Bonchev–Trinajstić information content (AvgIpc) is 2.77. The van der Waals surface area contributed by atoms with Crippen LogP contribution >= 0.6 is 0 Å². The van der Waals surface area contributed by atoms with Crippen molar-refractivity contribution in [3.8, 4) is 0 Å². The van der Waals surface area contributed by atoms with Crippen LogP contribution in [-0.4, -0.2) is 29.5 Å². The van der Waals surface area contributed by atoms with Crippen molar-refractivity contribution < 1.29 is 4.74 Å². The van der Waals surface area contributed by atoms with E-state index < -0.39 is 0 Å². The Labute approximate surface area is 103 Å². The molecule has 1 N–H and O–H groups in total. The normalized spacial score (nSPS) is 19.4. The quantitative estimate of drug-likeness (QED) is 0.849. The Morgan fingerprint density at radius 3 is 2.94 bits per heavy atom. The van der Waals surface area contributed by atoms with Gasteiger partial charge in [-0.05, 0) is 31.2 Å². The number of ether oxygens (including phenoxy) is 1. The monoisotopic (exact) mass is 237 g/mol. The summed E-state index contributed by atoms with van der Waals surface area (Å²) in [6.45, 7) is 9.19. The van der Waals surface area contributed by atoms with E-state index in [0.29, 0.717) is 5.41 Å². The first-order chi connectivity index (χ1) is 8.23.